The van der Waals surface area contributed by atoms with Crippen LogP contribution in [0.25, 0.3) is 11.0 Å². The lowest BCUT2D eigenvalue weighted by Gasteiger charge is -2.29. The van der Waals surface area contributed by atoms with Crippen molar-refractivity contribution in [1.29, 1.82) is 0 Å². The van der Waals surface area contributed by atoms with Crippen molar-refractivity contribution in [2.24, 2.45) is 0 Å². The van der Waals surface area contributed by atoms with Gasteiger partial charge in [0.25, 0.3) is 5.91 Å². The van der Waals surface area contributed by atoms with Crippen LogP contribution in [0.5, 0.6) is 0 Å². The van der Waals surface area contributed by atoms with Crippen molar-refractivity contribution in [2.75, 3.05) is 0 Å². The zero-order chi connectivity index (χ0) is 24.9. The van der Waals surface area contributed by atoms with E-state index < -0.39 is 6.29 Å². The van der Waals surface area contributed by atoms with E-state index in [-0.39, 0.29) is 30.7 Å². The minimum absolute atomic E-state index is 0.000952. The van der Waals surface area contributed by atoms with Gasteiger partial charge in [0.1, 0.15) is 5.82 Å². The Morgan fingerprint density at radius 2 is 1.83 bits per heavy atom. The summed E-state index contributed by atoms with van der Waals surface area (Å²) >= 11 is 3.48. The molecule has 0 radical (unpaired) electrons. The number of imidazole rings is 1. The van der Waals surface area contributed by atoms with Gasteiger partial charge in [-0.1, -0.05) is 64.5 Å². The van der Waals surface area contributed by atoms with Crippen molar-refractivity contribution in [3.8, 4) is 0 Å². The van der Waals surface area contributed by atoms with Crippen molar-refractivity contribution in [1.82, 2.24) is 15.3 Å². The Balaban J connectivity index is 1.29. The largest absolute Gasteiger partial charge is 0.459 e. The topological polar surface area (TPSA) is 96.5 Å². The lowest BCUT2D eigenvalue weighted by Crippen LogP contribution is -2.32. The number of ether oxygens (including phenoxy) is 2. The summed E-state index contributed by atoms with van der Waals surface area (Å²) in [6.07, 6.45) is 1.84. The second kappa shape index (κ2) is 11.1. The molecule has 0 aliphatic carbocycles. The maximum Gasteiger partial charge on any atom is 0.286 e. The number of aromatic nitrogens is 2. The molecular formula is C28H26BrN3O4. The highest BCUT2D eigenvalue weighted by Crippen LogP contribution is 2.32. The number of rotatable bonds is 8. The lowest BCUT2D eigenvalue weighted by atomic mass is 9.93. The summed E-state index contributed by atoms with van der Waals surface area (Å²) < 4.78 is 13.0. The molecule has 5 rings (SSSR count). The first kappa shape index (κ1) is 24.2. The average molecular weight is 548 g/mol. The van der Waals surface area contributed by atoms with E-state index in [1.807, 2.05) is 78.9 Å². The molecule has 1 aliphatic rings. The molecule has 4 aromatic rings. The zero-order valence-electron chi connectivity index (χ0n) is 19.5. The predicted octanol–water partition coefficient (Wildman–Crippen LogP) is 5.06. The predicted molar refractivity (Wildman–Crippen MR) is 140 cm³/mol. The number of nitrogens with zero attached hydrogens (tertiary/aromatic N) is 1. The molecule has 36 heavy (non-hydrogen) atoms. The fourth-order valence-corrected chi connectivity index (χ4v) is 4.40. The van der Waals surface area contributed by atoms with Gasteiger partial charge in [-0.15, -0.1) is 0 Å². The maximum absolute atomic E-state index is 13.1. The standard InChI is InChI=1S/C28H26BrN3O4/c29-22-11-9-20(10-12-22)21-13-25(28(34)30-15-26-31-23-3-1-2-4-24(23)32-26)36-27(14-21)35-17-19-7-5-18(16-33)6-8-19/h1-13,21,27,33H,14-17H2,(H,30,34)(H,31,32). The van der Waals surface area contributed by atoms with Gasteiger partial charge in [-0.3, -0.25) is 4.79 Å². The smallest absolute Gasteiger partial charge is 0.286 e. The molecule has 0 fully saturated rings. The minimum Gasteiger partial charge on any atom is -0.459 e. The molecule has 2 unspecified atom stereocenters. The number of allylic oxidation sites excluding steroid dienone is 1. The number of nitrogens with one attached hydrogen (secondary N) is 2. The number of carbonyl (C=O) groups excluding carboxylic acids is 1. The first-order chi connectivity index (χ1) is 17.6. The number of hydrogen-bond acceptors (Lipinski definition) is 5. The molecule has 0 bridgehead atoms. The zero-order valence-corrected chi connectivity index (χ0v) is 21.1. The number of para-hydroxylation sites is 2. The van der Waals surface area contributed by atoms with Crippen LogP contribution in [0.15, 0.2) is 89.1 Å². The van der Waals surface area contributed by atoms with E-state index in [1.165, 1.54) is 0 Å². The number of halogens is 1. The van der Waals surface area contributed by atoms with Crippen molar-refractivity contribution in [3.63, 3.8) is 0 Å². The van der Waals surface area contributed by atoms with Crippen molar-refractivity contribution < 1.29 is 19.4 Å². The highest BCUT2D eigenvalue weighted by Gasteiger charge is 2.29. The molecule has 1 aromatic heterocycles. The SMILES string of the molecule is O=C(NCc1nc2ccccc2[nH]1)C1=CC(c2ccc(Br)cc2)CC(OCc2ccc(CO)cc2)O1. The summed E-state index contributed by atoms with van der Waals surface area (Å²) in [6, 6.07) is 23.3. The fraction of sp³-hybridized carbons (Fsp3) is 0.214. The van der Waals surface area contributed by atoms with Gasteiger partial charge in [-0.05, 0) is 47.0 Å². The van der Waals surface area contributed by atoms with E-state index in [0.29, 0.717) is 18.9 Å². The van der Waals surface area contributed by atoms with Gasteiger partial charge in [0.15, 0.2) is 5.76 Å². The van der Waals surface area contributed by atoms with E-state index in [4.69, 9.17) is 9.47 Å². The number of amides is 1. The van der Waals surface area contributed by atoms with Gasteiger partial charge in [-0.2, -0.15) is 0 Å². The fourth-order valence-electron chi connectivity index (χ4n) is 4.13. The summed E-state index contributed by atoms with van der Waals surface area (Å²) in [6.45, 7) is 0.580. The molecule has 2 atom stereocenters. The number of aliphatic hydroxyl groups is 1. The molecule has 8 heteroatoms. The Bertz CT molecular complexity index is 1330. The molecule has 1 amide bonds. The third-order valence-corrected chi connectivity index (χ3v) is 6.60. The number of benzene rings is 3. The van der Waals surface area contributed by atoms with Gasteiger partial charge >= 0.3 is 0 Å². The third-order valence-electron chi connectivity index (χ3n) is 6.08. The quantitative estimate of drug-likeness (QED) is 0.286. The first-order valence-corrected chi connectivity index (χ1v) is 12.5. The van der Waals surface area contributed by atoms with E-state index >= 15 is 0 Å². The summed E-state index contributed by atoms with van der Waals surface area (Å²) in [5.74, 6) is 0.536. The summed E-state index contributed by atoms with van der Waals surface area (Å²) in [5, 5.41) is 12.2. The molecule has 2 heterocycles. The maximum atomic E-state index is 13.1. The lowest BCUT2D eigenvalue weighted by molar-refractivity contribution is -0.150. The van der Waals surface area contributed by atoms with Gasteiger partial charge < -0.3 is 24.9 Å². The van der Waals surface area contributed by atoms with Gasteiger partial charge in [0.2, 0.25) is 6.29 Å². The minimum atomic E-state index is -0.590. The van der Waals surface area contributed by atoms with Crippen LogP contribution in [0.3, 0.4) is 0 Å². The molecule has 0 saturated heterocycles. The highest BCUT2D eigenvalue weighted by molar-refractivity contribution is 9.10. The number of hydrogen-bond donors (Lipinski definition) is 3. The van der Waals surface area contributed by atoms with Gasteiger partial charge in [-0.25, -0.2) is 4.98 Å². The van der Waals surface area contributed by atoms with Crippen LogP contribution in [-0.2, 0) is 34.0 Å². The van der Waals surface area contributed by atoms with Crippen LogP contribution in [0.2, 0.25) is 0 Å². The number of aliphatic hydroxyl groups excluding tert-OH is 1. The van der Waals surface area contributed by atoms with Crippen molar-refractivity contribution in [3.05, 3.63) is 112 Å². The summed E-state index contributed by atoms with van der Waals surface area (Å²) in [7, 11) is 0. The Morgan fingerprint density at radius 1 is 1.08 bits per heavy atom. The van der Waals surface area contributed by atoms with Crippen molar-refractivity contribution in [2.45, 2.75) is 38.4 Å². The molecular weight excluding hydrogens is 522 g/mol. The third kappa shape index (κ3) is 5.84. The monoisotopic (exact) mass is 547 g/mol. The average Bonchev–Trinajstić information content (AvgIpc) is 3.34. The second-order valence-electron chi connectivity index (χ2n) is 8.64. The van der Waals surface area contributed by atoms with Crippen LogP contribution >= 0.6 is 15.9 Å². The Labute approximate surface area is 217 Å². The Morgan fingerprint density at radius 3 is 2.58 bits per heavy atom. The molecule has 7 nitrogen and oxygen atoms in total. The molecule has 184 valence electrons. The second-order valence-corrected chi connectivity index (χ2v) is 9.56. The van der Waals surface area contributed by atoms with E-state index in [9.17, 15) is 9.90 Å². The Kier molecular flexibility index (Phi) is 7.46. The van der Waals surface area contributed by atoms with Crippen LogP contribution in [0, 0.1) is 0 Å². The summed E-state index contributed by atoms with van der Waals surface area (Å²) in [5.41, 5.74) is 4.65. The molecule has 3 aromatic carbocycles. The van der Waals surface area contributed by atoms with Crippen LogP contribution < -0.4 is 5.32 Å². The van der Waals surface area contributed by atoms with Gasteiger partial charge in [0.05, 0.1) is 30.8 Å². The molecule has 3 N–H and O–H groups in total. The number of carbonyl (C=O) groups is 1. The molecule has 1 aliphatic heterocycles. The van der Waals surface area contributed by atoms with Crippen molar-refractivity contribution >= 4 is 32.9 Å². The highest BCUT2D eigenvalue weighted by atomic mass is 79.9. The van der Waals surface area contributed by atoms with E-state index in [2.05, 4.69) is 31.2 Å². The Hall–Kier alpha value is -3.46. The summed E-state index contributed by atoms with van der Waals surface area (Å²) in [4.78, 5) is 20.8. The van der Waals surface area contributed by atoms with Crippen LogP contribution in [0.4, 0.5) is 0 Å². The first-order valence-electron chi connectivity index (χ1n) is 11.7. The van der Waals surface area contributed by atoms with E-state index in [0.717, 1.165) is 32.2 Å². The normalized spacial score (nSPS) is 17.4. The number of H-pyrrole nitrogens is 1. The van der Waals surface area contributed by atoms with Crippen LogP contribution in [0.1, 0.15) is 34.9 Å². The molecule has 0 saturated carbocycles. The van der Waals surface area contributed by atoms with E-state index in [1.54, 1.807) is 0 Å². The van der Waals surface area contributed by atoms with Crippen LogP contribution in [-0.4, -0.2) is 27.3 Å². The van der Waals surface area contributed by atoms with Gasteiger partial charge in [0, 0.05) is 16.8 Å². The number of aromatic amines is 1. The molecule has 0 spiro atoms. The number of fused-ring (bicyclic) bond motifs is 1.